The van der Waals surface area contributed by atoms with Gasteiger partial charge in [-0.2, -0.15) is 0 Å². The molecule has 5 heteroatoms. The van der Waals surface area contributed by atoms with Crippen molar-refractivity contribution in [3.8, 4) is 0 Å². The Morgan fingerprint density at radius 1 is 1.44 bits per heavy atom. The van der Waals surface area contributed by atoms with E-state index < -0.39 is 0 Å². The van der Waals surface area contributed by atoms with Crippen LogP contribution in [0.4, 0.5) is 11.4 Å². The number of nitrogens with two attached hydrogens (primary N) is 1. The van der Waals surface area contributed by atoms with Gasteiger partial charge in [-0.15, -0.1) is 11.3 Å². The van der Waals surface area contributed by atoms with Gasteiger partial charge in [0.1, 0.15) is 5.52 Å². The first-order chi connectivity index (χ1) is 8.58. The minimum Gasteiger partial charge on any atom is -0.395 e. The molecule has 3 N–H and O–H groups in total. The fourth-order valence-corrected chi connectivity index (χ4v) is 2.56. The lowest BCUT2D eigenvalue weighted by Crippen LogP contribution is -2.23. The Labute approximate surface area is 112 Å². The van der Waals surface area contributed by atoms with Crippen molar-refractivity contribution in [1.29, 1.82) is 0 Å². The zero-order valence-corrected chi connectivity index (χ0v) is 11.9. The highest BCUT2D eigenvalue weighted by Crippen LogP contribution is 2.30. The molecule has 0 aliphatic carbocycles. The van der Waals surface area contributed by atoms with Gasteiger partial charge in [0.15, 0.2) is 0 Å². The Kier molecular flexibility index (Phi) is 4.04. The van der Waals surface area contributed by atoms with Crippen molar-refractivity contribution in [2.24, 2.45) is 0 Å². The molecule has 0 bridgehead atoms. The van der Waals surface area contributed by atoms with E-state index >= 15 is 0 Å². The molecule has 0 spiro atoms. The van der Waals surface area contributed by atoms with E-state index in [0.717, 1.165) is 34.6 Å². The van der Waals surface area contributed by atoms with Crippen LogP contribution < -0.4 is 11.1 Å². The molecule has 1 atom stereocenters. The van der Waals surface area contributed by atoms with Crippen molar-refractivity contribution < 1.29 is 0 Å². The number of aromatic nitrogens is 1. The second-order valence-corrected chi connectivity index (χ2v) is 5.75. The Bertz CT molecular complexity index is 521. The van der Waals surface area contributed by atoms with E-state index in [1.807, 2.05) is 11.6 Å². The minimum atomic E-state index is 0.394. The average Bonchev–Trinajstić information content (AvgIpc) is 2.79. The number of hydrogen-bond acceptors (Lipinski definition) is 5. The standard InChI is InChI=1S/C13H20N4S/c1-9(6-7-17(2)3)16-10-4-5-11-13(12(10)14)15-8-18-11/h4-5,8-9,16H,6-7,14H2,1-3H3. The predicted molar refractivity (Wildman–Crippen MR) is 80.3 cm³/mol. The molecule has 0 aliphatic heterocycles. The first-order valence-corrected chi connectivity index (χ1v) is 6.99. The van der Waals surface area contributed by atoms with Gasteiger partial charge in [-0.25, -0.2) is 4.98 Å². The van der Waals surface area contributed by atoms with Crippen LogP contribution in [0.25, 0.3) is 10.2 Å². The molecule has 98 valence electrons. The summed E-state index contributed by atoms with van der Waals surface area (Å²) in [5.74, 6) is 0. The summed E-state index contributed by atoms with van der Waals surface area (Å²) in [5.41, 5.74) is 10.6. The third-order valence-electron chi connectivity index (χ3n) is 2.95. The number of nitrogens with zero attached hydrogens (tertiary/aromatic N) is 2. The van der Waals surface area contributed by atoms with Gasteiger partial charge in [-0.05, 0) is 46.1 Å². The monoisotopic (exact) mass is 264 g/mol. The second-order valence-electron chi connectivity index (χ2n) is 4.86. The molecule has 2 aromatic rings. The molecule has 4 nitrogen and oxygen atoms in total. The lowest BCUT2D eigenvalue weighted by atomic mass is 10.2. The molecule has 2 rings (SSSR count). The fraction of sp³-hybridized carbons (Fsp3) is 0.462. The zero-order valence-electron chi connectivity index (χ0n) is 11.1. The minimum absolute atomic E-state index is 0.394. The summed E-state index contributed by atoms with van der Waals surface area (Å²) in [7, 11) is 4.17. The smallest absolute Gasteiger partial charge is 0.106 e. The van der Waals surface area contributed by atoms with E-state index in [9.17, 15) is 0 Å². The van der Waals surface area contributed by atoms with Gasteiger partial charge in [0, 0.05) is 6.04 Å². The first kappa shape index (κ1) is 13.1. The van der Waals surface area contributed by atoms with E-state index in [4.69, 9.17) is 5.73 Å². The maximum absolute atomic E-state index is 6.14. The van der Waals surface area contributed by atoms with Crippen LogP contribution in [0.3, 0.4) is 0 Å². The summed E-state index contributed by atoms with van der Waals surface area (Å²) in [6, 6.07) is 4.51. The fourth-order valence-electron chi connectivity index (χ4n) is 1.87. The second kappa shape index (κ2) is 5.54. The highest BCUT2D eigenvalue weighted by molar-refractivity contribution is 7.16. The molecule has 0 aliphatic rings. The van der Waals surface area contributed by atoms with E-state index in [-0.39, 0.29) is 0 Å². The molecule has 18 heavy (non-hydrogen) atoms. The maximum atomic E-state index is 6.14. The molecular weight excluding hydrogens is 244 g/mol. The molecule has 1 aromatic heterocycles. The third kappa shape index (κ3) is 2.91. The molecule has 1 heterocycles. The van der Waals surface area contributed by atoms with Crippen LogP contribution in [0, 0.1) is 0 Å². The number of hydrogen-bond donors (Lipinski definition) is 2. The normalized spacial score (nSPS) is 13.1. The zero-order chi connectivity index (χ0) is 13.1. The summed E-state index contributed by atoms with van der Waals surface area (Å²) in [6.45, 7) is 3.24. The van der Waals surface area contributed by atoms with Crippen molar-refractivity contribution in [3.63, 3.8) is 0 Å². The number of rotatable bonds is 5. The van der Waals surface area contributed by atoms with Crippen molar-refractivity contribution in [1.82, 2.24) is 9.88 Å². The summed E-state index contributed by atoms with van der Waals surface area (Å²) >= 11 is 1.62. The van der Waals surface area contributed by atoms with Gasteiger partial charge < -0.3 is 16.0 Å². The van der Waals surface area contributed by atoms with Gasteiger partial charge >= 0.3 is 0 Å². The van der Waals surface area contributed by atoms with Crippen LogP contribution in [-0.2, 0) is 0 Å². The molecule has 1 unspecified atom stereocenters. The molecule has 0 fully saturated rings. The lowest BCUT2D eigenvalue weighted by Gasteiger charge is -2.19. The van der Waals surface area contributed by atoms with Crippen molar-refractivity contribution >= 4 is 32.9 Å². The number of nitrogen functional groups attached to an aromatic ring is 1. The molecule has 0 radical (unpaired) electrons. The predicted octanol–water partition coefficient (Wildman–Crippen LogP) is 2.63. The topological polar surface area (TPSA) is 54.2 Å². The SMILES string of the molecule is CC(CCN(C)C)Nc1ccc2scnc2c1N. The highest BCUT2D eigenvalue weighted by atomic mass is 32.1. The van der Waals surface area contributed by atoms with Crippen molar-refractivity contribution in [2.75, 3.05) is 31.7 Å². The van der Waals surface area contributed by atoms with Gasteiger partial charge in [-0.3, -0.25) is 0 Å². The van der Waals surface area contributed by atoms with Crippen LogP contribution in [-0.4, -0.2) is 36.6 Å². The molecular formula is C13H20N4S. The largest absolute Gasteiger partial charge is 0.395 e. The van der Waals surface area contributed by atoms with Gasteiger partial charge in [0.05, 0.1) is 21.6 Å². The number of nitrogens with one attached hydrogen (secondary N) is 1. The van der Waals surface area contributed by atoms with Gasteiger partial charge in [-0.1, -0.05) is 0 Å². The third-order valence-corrected chi connectivity index (χ3v) is 3.75. The van der Waals surface area contributed by atoms with Gasteiger partial charge in [0.25, 0.3) is 0 Å². The number of fused-ring (bicyclic) bond motifs is 1. The van der Waals surface area contributed by atoms with Crippen molar-refractivity contribution in [3.05, 3.63) is 17.6 Å². The quantitative estimate of drug-likeness (QED) is 0.815. The number of anilines is 2. The van der Waals surface area contributed by atoms with Crippen molar-refractivity contribution in [2.45, 2.75) is 19.4 Å². The Morgan fingerprint density at radius 2 is 2.22 bits per heavy atom. The molecule has 1 aromatic carbocycles. The average molecular weight is 264 g/mol. The van der Waals surface area contributed by atoms with E-state index in [1.165, 1.54) is 0 Å². The van der Waals surface area contributed by atoms with Crippen LogP contribution in [0.1, 0.15) is 13.3 Å². The number of thiazole rings is 1. The van der Waals surface area contributed by atoms with Crippen LogP contribution in [0.5, 0.6) is 0 Å². The maximum Gasteiger partial charge on any atom is 0.106 e. The lowest BCUT2D eigenvalue weighted by molar-refractivity contribution is 0.390. The molecule has 0 saturated heterocycles. The molecule has 0 saturated carbocycles. The Balaban J connectivity index is 2.09. The Hall–Kier alpha value is -1.33. The summed E-state index contributed by atoms with van der Waals surface area (Å²) in [6.07, 6.45) is 1.08. The Morgan fingerprint density at radius 3 is 2.94 bits per heavy atom. The van der Waals surface area contributed by atoms with Crippen LogP contribution >= 0.6 is 11.3 Å². The first-order valence-electron chi connectivity index (χ1n) is 6.11. The van der Waals surface area contributed by atoms with Gasteiger partial charge in [0.2, 0.25) is 0 Å². The van der Waals surface area contributed by atoms with E-state index in [1.54, 1.807) is 11.3 Å². The van der Waals surface area contributed by atoms with Crippen LogP contribution in [0.2, 0.25) is 0 Å². The highest BCUT2D eigenvalue weighted by Gasteiger charge is 2.09. The van der Waals surface area contributed by atoms with E-state index in [2.05, 4.69) is 42.3 Å². The number of benzene rings is 1. The summed E-state index contributed by atoms with van der Waals surface area (Å²) < 4.78 is 1.14. The van der Waals surface area contributed by atoms with E-state index in [0.29, 0.717) is 6.04 Å². The molecule has 0 amide bonds. The summed E-state index contributed by atoms with van der Waals surface area (Å²) in [4.78, 5) is 6.49. The summed E-state index contributed by atoms with van der Waals surface area (Å²) in [5, 5.41) is 3.46. The van der Waals surface area contributed by atoms with Crippen LogP contribution in [0.15, 0.2) is 17.6 Å².